The summed E-state index contributed by atoms with van der Waals surface area (Å²) in [5, 5.41) is 11.3. The first kappa shape index (κ1) is 16.0. The number of hydrogen-bond acceptors (Lipinski definition) is 4. The number of nitrogens with one attached hydrogen (secondary N) is 1. The number of nitrogens with zero attached hydrogens (tertiary/aromatic N) is 4. The van der Waals surface area contributed by atoms with E-state index in [2.05, 4.69) is 20.6 Å². The highest BCUT2D eigenvalue weighted by atomic mass is 16.1. The third kappa shape index (κ3) is 3.44. The van der Waals surface area contributed by atoms with Crippen LogP contribution in [0.3, 0.4) is 0 Å². The molecule has 0 bridgehead atoms. The molecule has 4 rings (SSSR count). The number of fused-ring (bicyclic) bond motifs is 1. The maximum Gasteiger partial charge on any atom is 0.251 e. The van der Waals surface area contributed by atoms with Crippen molar-refractivity contribution < 1.29 is 4.79 Å². The van der Waals surface area contributed by atoms with Gasteiger partial charge in [-0.3, -0.25) is 9.78 Å². The van der Waals surface area contributed by atoms with Crippen molar-refractivity contribution >= 4 is 16.9 Å². The van der Waals surface area contributed by atoms with Gasteiger partial charge in [-0.1, -0.05) is 29.5 Å². The molecule has 0 radical (unpaired) electrons. The van der Waals surface area contributed by atoms with Crippen molar-refractivity contribution in [2.75, 3.05) is 0 Å². The molecule has 0 fully saturated rings. The van der Waals surface area contributed by atoms with E-state index in [-0.39, 0.29) is 5.91 Å². The van der Waals surface area contributed by atoms with Crippen molar-refractivity contribution in [2.45, 2.75) is 13.1 Å². The van der Waals surface area contributed by atoms with Crippen LogP contribution >= 0.6 is 0 Å². The lowest BCUT2D eigenvalue weighted by Gasteiger charge is -2.07. The predicted molar refractivity (Wildman–Crippen MR) is 98.5 cm³/mol. The molecular formula is C20H17N5O. The van der Waals surface area contributed by atoms with Crippen LogP contribution < -0.4 is 5.32 Å². The minimum absolute atomic E-state index is 0.0976. The molecule has 0 saturated carbocycles. The summed E-state index contributed by atoms with van der Waals surface area (Å²) in [6.45, 7) is 1.09. The quantitative estimate of drug-likeness (QED) is 0.605. The van der Waals surface area contributed by atoms with Gasteiger partial charge < -0.3 is 5.32 Å². The summed E-state index contributed by atoms with van der Waals surface area (Å²) in [7, 11) is 0. The number of hydrogen-bond donors (Lipinski definition) is 1. The topological polar surface area (TPSA) is 72.7 Å². The van der Waals surface area contributed by atoms with Crippen LogP contribution in [0.4, 0.5) is 0 Å². The molecule has 0 aliphatic heterocycles. The van der Waals surface area contributed by atoms with Gasteiger partial charge in [0.05, 0.1) is 12.1 Å². The van der Waals surface area contributed by atoms with E-state index in [0.29, 0.717) is 18.7 Å². The van der Waals surface area contributed by atoms with Crippen molar-refractivity contribution in [2.24, 2.45) is 0 Å². The van der Waals surface area contributed by atoms with E-state index in [0.717, 1.165) is 22.2 Å². The van der Waals surface area contributed by atoms with Gasteiger partial charge in [0.1, 0.15) is 5.52 Å². The maximum atomic E-state index is 12.3. The zero-order valence-corrected chi connectivity index (χ0v) is 14.0. The molecule has 4 aromatic rings. The molecule has 0 aliphatic carbocycles. The normalized spacial score (nSPS) is 10.8. The molecule has 6 heteroatoms. The van der Waals surface area contributed by atoms with Crippen molar-refractivity contribution in [3.8, 4) is 0 Å². The van der Waals surface area contributed by atoms with Crippen LogP contribution in [0.15, 0.2) is 73.1 Å². The largest absolute Gasteiger partial charge is 0.348 e. The Kier molecular flexibility index (Phi) is 4.38. The summed E-state index contributed by atoms with van der Waals surface area (Å²) in [5.41, 5.74) is 4.58. The van der Waals surface area contributed by atoms with Crippen molar-refractivity contribution in [1.29, 1.82) is 0 Å². The Morgan fingerprint density at radius 1 is 0.923 bits per heavy atom. The highest BCUT2D eigenvalue weighted by Gasteiger charge is 2.07. The molecule has 0 saturated heterocycles. The van der Waals surface area contributed by atoms with E-state index in [1.165, 1.54) is 0 Å². The number of carbonyl (C=O) groups is 1. The molecule has 26 heavy (non-hydrogen) atoms. The Morgan fingerprint density at radius 2 is 1.69 bits per heavy atom. The average molecular weight is 343 g/mol. The Balaban J connectivity index is 1.42. The molecule has 0 spiro atoms. The van der Waals surface area contributed by atoms with E-state index in [4.69, 9.17) is 0 Å². The molecule has 0 unspecified atom stereocenters. The number of aromatic nitrogens is 4. The highest BCUT2D eigenvalue weighted by molar-refractivity contribution is 5.94. The first-order chi connectivity index (χ1) is 12.8. The lowest BCUT2D eigenvalue weighted by Crippen LogP contribution is -2.22. The number of carbonyl (C=O) groups excluding carboxylic acids is 1. The van der Waals surface area contributed by atoms with Crippen molar-refractivity contribution in [3.63, 3.8) is 0 Å². The summed E-state index contributed by atoms with van der Waals surface area (Å²) >= 11 is 0. The van der Waals surface area contributed by atoms with Gasteiger partial charge in [-0.05, 0) is 47.5 Å². The fraction of sp³-hybridized carbons (Fsp3) is 0.100. The molecule has 128 valence electrons. The predicted octanol–water partition coefficient (Wildman–Crippen LogP) is 2.80. The summed E-state index contributed by atoms with van der Waals surface area (Å²) < 4.78 is 1.86. The SMILES string of the molecule is O=C(NCc1ccncc1)c1ccc(Cn2nnc3ccccc32)cc1. The second kappa shape index (κ2) is 7.14. The first-order valence-electron chi connectivity index (χ1n) is 8.34. The Labute approximate surface area is 150 Å². The van der Waals surface area contributed by atoms with E-state index in [9.17, 15) is 4.79 Å². The third-order valence-corrected chi connectivity index (χ3v) is 4.17. The maximum absolute atomic E-state index is 12.3. The number of amides is 1. The van der Waals surface area contributed by atoms with E-state index >= 15 is 0 Å². The van der Waals surface area contributed by atoms with Gasteiger partial charge in [-0.2, -0.15) is 0 Å². The molecule has 0 aliphatic rings. The van der Waals surface area contributed by atoms with Gasteiger partial charge in [-0.25, -0.2) is 4.68 Å². The molecule has 2 heterocycles. The number of rotatable bonds is 5. The summed E-state index contributed by atoms with van der Waals surface area (Å²) in [5.74, 6) is -0.0976. The van der Waals surface area contributed by atoms with Crippen LogP contribution in [-0.4, -0.2) is 25.9 Å². The minimum Gasteiger partial charge on any atom is -0.348 e. The molecule has 6 nitrogen and oxygen atoms in total. The van der Waals surface area contributed by atoms with Gasteiger partial charge in [0.2, 0.25) is 0 Å². The van der Waals surface area contributed by atoms with E-state index in [1.54, 1.807) is 12.4 Å². The Bertz CT molecular complexity index is 1020. The van der Waals surface area contributed by atoms with Crippen molar-refractivity contribution in [1.82, 2.24) is 25.3 Å². The first-order valence-corrected chi connectivity index (χ1v) is 8.34. The van der Waals surface area contributed by atoms with Crippen LogP contribution in [0, 0.1) is 0 Å². The molecule has 1 N–H and O–H groups in total. The van der Waals surface area contributed by atoms with Gasteiger partial charge in [0.15, 0.2) is 0 Å². The monoisotopic (exact) mass is 343 g/mol. The van der Waals surface area contributed by atoms with Gasteiger partial charge >= 0.3 is 0 Å². The van der Waals surface area contributed by atoms with Gasteiger partial charge in [0, 0.05) is 24.5 Å². The van der Waals surface area contributed by atoms with E-state index < -0.39 is 0 Å². The second-order valence-corrected chi connectivity index (χ2v) is 5.97. The van der Waals surface area contributed by atoms with E-state index in [1.807, 2.05) is 65.3 Å². The third-order valence-electron chi connectivity index (χ3n) is 4.17. The number of pyridine rings is 1. The van der Waals surface area contributed by atoms with Gasteiger partial charge in [0.25, 0.3) is 5.91 Å². The standard InChI is InChI=1S/C20H17N5O/c26-20(22-13-15-9-11-21-12-10-15)17-7-5-16(6-8-17)14-25-19-4-2-1-3-18(19)23-24-25/h1-12H,13-14H2,(H,22,26). The zero-order valence-electron chi connectivity index (χ0n) is 14.0. The van der Waals surface area contributed by atoms with Crippen LogP contribution in [0.25, 0.3) is 11.0 Å². The molecule has 0 atom stereocenters. The van der Waals surface area contributed by atoms with Crippen LogP contribution in [-0.2, 0) is 13.1 Å². The smallest absolute Gasteiger partial charge is 0.251 e. The molecular weight excluding hydrogens is 326 g/mol. The summed E-state index contributed by atoms with van der Waals surface area (Å²) in [4.78, 5) is 16.2. The lowest BCUT2D eigenvalue weighted by atomic mass is 10.1. The van der Waals surface area contributed by atoms with Crippen LogP contribution in [0.1, 0.15) is 21.5 Å². The number of para-hydroxylation sites is 1. The molecule has 1 amide bonds. The summed E-state index contributed by atoms with van der Waals surface area (Å²) in [6.07, 6.45) is 3.42. The van der Waals surface area contributed by atoms with Gasteiger partial charge in [-0.15, -0.1) is 5.10 Å². The molecule has 2 aromatic heterocycles. The highest BCUT2D eigenvalue weighted by Crippen LogP contribution is 2.13. The second-order valence-electron chi connectivity index (χ2n) is 5.97. The zero-order chi connectivity index (χ0) is 17.8. The fourth-order valence-corrected chi connectivity index (χ4v) is 2.75. The fourth-order valence-electron chi connectivity index (χ4n) is 2.75. The van der Waals surface area contributed by atoms with Crippen molar-refractivity contribution in [3.05, 3.63) is 89.7 Å². The summed E-state index contributed by atoms with van der Waals surface area (Å²) in [6, 6.07) is 19.2. The van der Waals surface area contributed by atoms with Crippen LogP contribution in [0.2, 0.25) is 0 Å². The number of benzene rings is 2. The Hall–Kier alpha value is -3.54. The average Bonchev–Trinajstić information content (AvgIpc) is 3.10. The molecule has 2 aromatic carbocycles. The van der Waals surface area contributed by atoms with Crippen LogP contribution in [0.5, 0.6) is 0 Å². The Morgan fingerprint density at radius 3 is 2.50 bits per heavy atom. The lowest BCUT2D eigenvalue weighted by molar-refractivity contribution is 0.0951. The minimum atomic E-state index is -0.0976.